The summed E-state index contributed by atoms with van der Waals surface area (Å²) in [6.07, 6.45) is 2.39. The molecule has 0 aliphatic rings. The van der Waals surface area contributed by atoms with Gasteiger partial charge in [0, 0.05) is 26.7 Å². The molecule has 0 N–H and O–H groups in total. The molecule has 0 saturated carbocycles. The zero-order valence-electron chi connectivity index (χ0n) is 9.71. The van der Waals surface area contributed by atoms with E-state index in [4.69, 9.17) is 9.47 Å². The van der Waals surface area contributed by atoms with Crippen molar-refractivity contribution in [3.8, 4) is 0 Å². The van der Waals surface area contributed by atoms with Crippen LogP contribution in [0.4, 0.5) is 0 Å². The standard InChI is InChI=1S/C11H22O3/c1-10(5-7-12)9-14-8-6-11(2,3)13-4/h7,10H,5-6,8-9H2,1-4H3/t10-/m1/s1. The van der Waals surface area contributed by atoms with E-state index in [9.17, 15) is 4.79 Å². The molecular formula is C11H22O3. The summed E-state index contributed by atoms with van der Waals surface area (Å²) in [5.74, 6) is 0.318. The zero-order chi connectivity index (χ0) is 11.0. The summed E-state index contributed by atoms with van der Waals surface area (Å²) in [6, 6.07) is 0. The van der Waals surface area contributed by atoms with Crippen molar-refractivity contribution in [3.05, 3.63) is 0 Å². The molecule has 0 unspecified atom stereocenters. The summed E-state index contributed by atoms with van der Waals surface area (Å²) >= 11 is 0. The molecule has 14 heavy (non-hydrogen) atoms. The normalized spacial score (nSPS) is 14.0. The molecule has 0 rings (SSSR count). The zero-order valence-corrected chi connectivity index (χ0v) is 9.71. The molecule has 0 aromatic carbocycles. The van der Waals surface area contributed by atoms with Crippen molar-refractivity contribution >= 4 is 6.29 Å². The van der Waals surface area contributed by atoms with Crippen LogP contribution < -0.4 is 0 Å². The first-order valence-corrected chi connectivity index (χ1v) is 5.08. The third-order valence-electron chi connectivity index (χ3n) is 2.30. The SMILES string of the molecule is COC(C)(C)CCOC[C@H](C)CC=O. The predicted octanol–water partition coefficient (Wildman–Crippen LogP) is 2.04. The van der Waals surface area contributed by atoms with Crippen LogP contribution in [-0.2, 0) is 14.3 Å². The molecular weight excluding hydrogens is 180 g/mol. The van der Waals surface area contributed by atoms with Gasteiger partial charge in [0.2, 0.25) is 0 Å². The monoisotopic (exact) mass is 202 g/mol. The second-order valence-corrected chi connectivity index (χ2v) is 4.30. The van der Waals surface area contributed by atoms with E-state index in [-0.39, 0.29) is 5.60 Å². The Labute approximate surface area is 86.8 Å². The van der Waals surface area contributed by atoms with Crippen molar-refractivity contribution in [3.63, 3.8) is 0 Å². The fraction of sp³-hybridized carbons (Fsp3) is 0.909. The first-order valence-electron chi connectivity index (χ1n) is 5.08. The number of methoxy groups -OCH3 is 1. The van der Waals surface area contributed by atoms with Crippen LogP contribution in [0, 0.1) is 5.92 Å². The van der Waals surface area contributed by atoms with Gasteiger partial charge in [0.25, 0.3) is 0 Å². The van der Waals surface area contributed by atoms with Crippen molar-refractivity contribution < 1.29 is 14.3 Å². The van der Waals surface area contributed by atoms with Crippen molar-refractivity contribution in [2.24, 2.45) is 5.92 Å². The predicted molar refractivity (Wildman–Crippen MR) is 56.4 cm³/mol. The van der Waals surface area contributed by atoms with Crippen LogP contribution in [0.25, 0.3) is 0 Å². The smallest absolute Gasteiger partial charge is 0.120 e. The van der Waals surface area contributed by atoms with Gasteiger partial charge in [-0.1, -0.05) is 6.92 Å². The molecule has 84 valence electrons. The molecule has 0 aromatic rings. The third-order valence-corrected chi connectivity index (χ3v) is 2.30. The fourth-order valence-electron chi connectivity index (χ4n) is 0.937. The number of ether oxygens (including phenoxy) is 2. The molecule has 0 bridgehead atoms. The van der Waals surface area contributed by atoms with E-state index in [0.717, 1.165) is 12.7 Å². The fourth-order valence-corrected chi connectivity index (χ4v) is 0.937. The lowest BCUT2D eigenvalue weighted by molar-refractivity contribution is -0.109. The summed E-state index contributed by atoms with van der Waals surface area (Å²) in [4.78, 5) is 10.2. The van der Waals surface area contributed by atoms with Gasteiger partial charge in [-0.3, -0.25) is 0 Å². The van der Waals surface area contributed by atoms with E-state index in [2.05, 4.69) is 0 Å². The van der Waals surface area contributed by atoms with Crippen LogP contribution in [0.3, 0.4) is 0 Å². The quantitative estimate of drug-likeness (QED) is 0.446. The van der Waals surface area contributed by atoms with E-state index >= 15 is 0 Å². The van der Waals surface area contributed by atoms with Gasteiger partial charge in [-0.15, -0.1) is 0 Å². The Balaban J connectivity index is 3.41. The van der Waals surface area contributed by atoms with Crippen LogP contribution in [0.2, 0.25) is 0 Å². The molecule has 0 radical (unpaired) electrons. The van der Waals surface area contributed by atoms with Crippen LogP contribution in [0.5, 0.6) is 0 Å². The molecule has 3 heteroatoms. The van der Waals surface area contributed by atoms with Gasteiger partial charge in [0.05, 0.1) is 5.60 Å². The van der Waals surface area contributed by atoms with Gasteiger partial charge in [-0.2, -0.15) is 0 Å². The van der Waals surface area contributed by atoms with Gasteiger partial charge in [-0.05, 0) is 26.2 Å². The number of aldehydes is 1. The van der Waals surface area contributed by atoms with Crippen molar-refractivity contribution in [1.82, 2.24) is 0 Å². The number of hydrogen-bond acceptors (Lipinski definition) is 3. The Bertz CT molecular complexity index is 155. The van der Waals surface area contributed by atoms with Gasteiger partial charge in [0.1, 0.15) is 6.29 Å². The molecule has 0 spiro atoms. The maximum absolute atomic E-state index is 10.2. The molecule has 0 amide bonds. The van der Waals surface area contributed by atoms with Crippen LogP contribution in [0.1, 0.15) is 33.6 Å². The lowest BCUT2D eigenvalue weighted by Crippen LogP contribution is -2.25. The maximum atomic E-state index is 10.2. The number of rotatable bonds is 8. The second-order valence-electron chi connectivity index (χ2n) is 4.30. The van der Waals surface area contributed by atoms with Gasteiger partial charge >= 0.3 is 0 Å². The van der Waals surface area contributed by atoms with Gasteiger partial charge in [0.15, 0.2) is 0 Å². The minimum absolute atomic E-state index is 0.117. The summed E-state index contributed by atoms with van der Waals surface area (Å²) < 4.78 is 10.7. The summed E-state index contributed by atoms with van der Waals surface area (Å²) in [7, 11) is 1.70. The Morgan fingerprint density at radius 1 is 1.43 bits per heavy atom. The molecule has 0 aromatic heterocycles. The average Bonchev–Trinajstić information content (AvgIpc) is 2.13. The minimum atomic E-state index is -0.117. The number of carbonyl (C=O) groups is 1. The van der Waals surface area contributed by atoms with Gasteiger partial charge in [-0.25, -0.2) is 0 Å². The molecule has 0 aliphatic carbocycles. The Morgan fingerprint density at radius 2 is 2.07 bits per heavy atom. The Morgan fingerprint density at radius 3 is 2.57 bits per heavy atom. The highest BCUT2D eigenvalue weighted by atomic mass is 16.5. The highest BCUT2D eigenvalue weighted by Gasteiger charge is 2.15. The molecule has 0 heterocycles. The van der Waals surface area contributed by atoms with Crippen molar-refractivity contribution in [1.29, 1.82) is 0 Å². The molecule has 3 nitrogen and oxygen atoms in total. The van der Waals surface area contributed by atoms with E-state index in [1.54, 1.807) is 7.11 Å². The summed E-state index contributed by atoms with van der Waals surface area (Å²) in [6.45, 7) is 7.41. The molecule has 0 aliphatic heterocycles. The number of carbonyl (C=O) groups excluding carboxylic acids is 1. The van der Waals surface area contributed by atoms with Crippen LogP contribution in [-0.4, -0.2) is 32.2 Å². The van der Waals surface area contributed by atoms with E-state index in [1.807, 2.05) is 20.8 Å². The average molecular weight is 202 g/mol. The highest BCUT2D eigenvalue weighted by Crippen LogP contribution is 2.12. The summed E-state index contributed by atoms with van der Waals surface area (Å²) in [5.41, 5.74) is -0.117. The largest absolute Gasteiger partial charge is 0.381 e. The van der Waals surface area contributed by atoms with Crippen LogP contribution in [0.15, 0.2) is 0 Å². The third kappa shape index (κ3) is 7.04. The first kappa shape index (κ1) is 13.6. The van der Waals surface area contributed by atoms with Crippen LogP contribution >= 0.6 is 0 Å². The van der Waals surface area contributed by atoms with Crippen molar-refractivity contribution in [2.45, 2.75) is 39.2 Å². The minimum Gasteiger partial charge on any atom is -0.381 e. The summed E-state index contributed by atoms with van der Waals surface area (Å²) in [5, 5.41) is 0. The Kier molecular flexibility index (Phi) is 6.75. The second kappa shape index (κ2) is 6.96. The van der Waals surface area contributed by atoms with E-state index in [0.29, 0.717) is 25.6 Å². The number of hydrogen-bond donors (Lipinski definition) is 0. The lowest BCUT2D eigenvalue weighted by atomic mass is 10.1. The highest BCUT2D eigenvalue weighted by molar-refractivity contribution is 5.49. The van der Waals surface area contributed by atoms with E-state index in [1.165, 1.54) is 0 Å². The van der Waals surface area contributed by atoms with E-state index < -0.39 is 0 Å². The van der Waals surface area contributed by atoms with Gasteiger partial charge < -0.3 is 14.3 Å². The molecule has 0 saturated heterocycles. The van der Waals surface area contributed by atoms with Crippen molar-refractivity contribution in [2.75, 3.05) is 20.3 Å². The maximum Gasteiger partial charge on any atom is 0.120 e. The Hall–Kier alpha value is -0.410. The molecule has 1 atom stereocenters. The molecule has 0 fully saturated rings. The lowest BCUT2D eigenvalue weighted by Gasteiger charge is -2.22. The first-order chi connectivity index (χ1) is 6.52. The topological polar surface area (TPSA) is 35.5 Å².